The zero-order valence-electron chi connectivity index (χ0n) is 11.2. The summed E-state index contributed by atoms with van der Waals surface area (Å²) in [5.74, 6) is 0.507. The molecule has 0 saturated carbocycles. The van der Waals surface area contributed by atoms with Gasteiger partial charge in [0.05, 0.1) is 0 Å². The van der Waals surface area contributed by atoms with Crippen LogP contribution >= 0.6 is 11.6 Å². The van der Waals surface area contributed by atoms with E-state index in [1.807, 2.05) is 48.0 Å². The minimum absolute atomic E-state index is 0.507. The SMILES string of the molecule is Cc1cnc2c(c1)nc(N)n2CCc1ccc(Cl)cc1. The van der Waals surface area contributed by atoms with Gasteiger partial charge in [0, 0.05) is 17.8 Å². The molecule has 5 heteroatoms. The van der Waals surface area contributed by atoms with E-state index < -0.39 is 0 Å². The molecule has 0 amide bonds. The largest absolute Gasteiger partial charge is 0.369 e. The summed E-state index contributed by atoms with van der Waals surface area (Å²) in [6, 6.07) is 9.84. The second-order valence-electron chi connectivity index (χ2n) is 4.85. The van der Waals surface area contributed by atoms with Crippen molar-refractivity contribution in [3.63, 3.8) is 0 Å². The number of hydrogen-bond donors (Lipinski definition) is 1. The number of nitrogen functional groups attached to an aromatic ring is 1. The van der Waals surface area contributed by atoms with Gasteiger partial charge in [0.2, 0.25) is 5.95 Å². The average Bonchev–Trinajstić information content (AvgIpc) is 2.73. The van der Waals surface area contributed by atoms with E-state index >= 15 is 0 Å². The van der Waals surface area contributed by atoms with E-state index in [9.17, 15) is 0 Å². The fourth-order valence-corrected chi connectivity index (χ4v) is 2.37. The van der Waals surface area contributed by atoms with Crippen LogP contribution in [-0.4, -0.2) is 14.5 Å². The lowest BCUT2D eigenvalue weighted by molar-refractivity contribution is 0.719. The van der Waals surface area contributed by atoms with Crippen LogP contribution in [0.15, 0.2) is 36.5 Å². The number of rotatable bonds is 3. The van der Waals surface area contributed by atoms with E-state index in [0.29, 0.717) is 5.95 Å². The molecule has 2 heterocycles. The van der Waals surface area contributed by atoms with Crippen molar-refractivity contribution in [2.24, 2.45) is 0 Å². The smallest absolute Gasteiger partial charge is 0.202 e. The van der Waals surface area contributed by atoms with Crippen molar-refractivity contribution in [3.05, 3.63) is 52.7 Å². The summed E-state index contributed by atoms with van der Waals surface area (Å²) in [7, 11) is 0. The molecular weight excluding hydrogens is 272 g/mol. The maximum atomic E-state index is 5.98. The number of nitrogens with two attached hydrogens (primary N) is 1. The summed E-state index contributed by atoms with van der Waals surface area (Å²) in [4.78, 5) is 8.78. The summed E-state index contributed by atoms with van der Waals surface area (Å²) >= 11 is 5.88. The molecule has 3 aromatic rings. The minimum atomic E-state index is 0.507. The first-order valence-electron chi connectivity index (χ1n) is 6.46. The van der Waals surface area contributed by atoms with E-state index in [0.717, 1.165) is 34.7 Å². The van der Waals surface area contributed by atoms with E-state index in [4.69, 9.17) is 17.3 Å². The lowest BCUT2D eigenvalue weighted by Gasteiger charge is -2.06. The fourth-order valence-electron chi connectivity index (χ4n) is 2.24. The van der Waals surface area contributed by atoms with Crippen molar-refractivity contribution < 1.29 is 0 Å². The molecule has 0 spiro atoms. The average molecular weight is 287 g/mol. The molecule has 0 saturated heterocycles. The Kier molecular flexibility index (Phi) is 3.32. The van der Waals surface area contributed by atoms with Crippen LogP contribution in [0.25, 0.3) is 11.2 Å². The van der Waals surface area contributed by atoms with Gasteiger partial charge in [0.1, 0.15) is 5.52 Å². The zero-order valence-corrected chi connectivity index (χ0v) is 11.9. The highest BCUT2D eigenvalue weighted by Crippen LogP contribution is 2.18. The van der Waals surface area contributed by atoms with Gasteiger partial charge in [0.15, 0.2) is 5.65 Å². The molecule has 0 atom stereocenters. The molecular formula is C15H15ClN4. The topological polar surface area (TPSA) is 56.7 Å². The second-order valence-corrected chi connectivity index (χ2v) is 5.29. The van der Waals surface area contributed by atoms with Gasteiger partial charge in [-0.25, -0.2) is 9.97 Å². The molecule has 0 aliphatic rings. The van der Waals surface area contributed by atoms with Crippen molar-refractivity contribution in [2.75, 3.05) is 5.73 Å². The third kappa shape index (κ3) is 2.47. The number of fused-ring (bicyclic) bond motifs is 1. The predicted octanol–water partition coefficient (Wildman–Crippen LogP) is 3.22. The van der Waals surface area contributed by atoms with Crippen molar-refractivity contribution >= 4 is 28.7 Å². The molecule has 0 radical (unpaired) electrons. The molecule has 0 bridgehead atoms. The predicted molar refractivity (Wildman–Crippen MR) is 81.8 cm³/mol. The molecule has 2 N–H and O–H groups in total. The van der Waals surface area contributed by atoms with Gasteiger partial charge < -0.3 is 5.73 Å². The van der Waals surface area contributed by atoms with Crippen LogP contribution in [0.1, 0.15) is 11.1 Å². The van der Waals surface area contributed by atoms with Gasteiger partial charge in [-0.1, -0.05) is 23.7 Å². The quantitative estimate of drug-likeness (QED) is 0.804. The molecule has 2 aromatic heterocycles. The standard InChI is InChI=1S/C15H15ClN4/c1-10-8-13-14(18-9-10)20(15(17)19-13)7-6-11-2-4-12(16)5-3-11/h2-5,8-9H,6-7H2,1H3,(H2,17,19). The lowest BCUT2D eigenvalue weighted by atomic mass is 10.1. The van der Waals surface area contributed by atoms with Crippen LogP contribution in [-0.2, 0) is 13.0 Å². The van der Waals surface area contributed by atoms with E-state index in [-0.39, 0.29) is 0 Å². The van der Waals surface area contributed by atoms with Gasteiger partial charge in [-0.3, -0.25) is 4.57 Å². The third-order valence-corrected chi connectivity index (χ3v) is 3.54. The van der Waals surface area contributed by atoms with Crippen molar-refractivity contribution in [1.82, 2.24) is 14.5 Å². The summed E-state index contributed by atoms with van der Waals surface area (Å²) in [6.07, 6.45) is 2.70. The van der Waals surface area contributed by atoms with Crippen molar-refractivity contribution in [1.29, 1.82) is 0 Å². The Morgan fingerprint density at radius 3 is 2.75 bits per heavy atom. The van der Waals surface area contributed by atoms with Crippen molar-refractivity contribution in [3.8, 4) is 0 Å². The molecule has 0 fully saturated rings. The van der Waals surface area contributed by atoms with Gasteiger partial charge in [-0.05, 0) is 42.7 Å². The molecule has 0 aliphatic carbocycles. The van der Waals surface area contributed by atoms with Crippen LogP contribution < -0.4 is 5.73 Å². The Bertz CT molecular complexity index is 746. The molecule has 20 heavy (non-hydrogen) atoms. The number of imidazole rings is 1. The number of aromatic nitrogens is 3. The number of hydrogen-bond acceptors (Lipinski definition) is 3. The maximum Gasteiger partial charge on any atom is 0.202 e. The number of pyridine rings is 1. The first-order valence-corrected chi connectivity index (χ1v) is 6.84. The van der Waals surface area contributed by atoms with Crippen LogP contribution in [0.2, 0.25) is 5.02 Å². The van der Waals surface area contributed by atoms with Gasteiger partial charge in [0.25, 0.3) is 0 Å². The van der Waals surface area contributed by atoms with E-state index in [2.05, 4.69) is 9.97 Å². The second kappa shape index (κ2) is 5.13. The zero-order chi connectivity index (χ0) is 14.1. The Labute approximate surface area is 122 Å². The molecule has 0 unspecified atom stereocenters. The lowest BCUT2D eigenvalue weighted by Crippen LogP contribution is -2.06. The first kappa shape index (κ1) is 12.9. The monoisotopic (exact) mass is 286 g/mol. The number of nitrogens with zero attached hydrogens (tertiary/aromatic N) is 3. The van der Waals surface area contributed by atoms with E-state index in [1.165, 1.54) is 5.56 Å². The Hall–Kier alpha value is -2.07. The Balaban J connectivity index is 1.87. The highest BCUT2D eigenvalue weighted by Gasteiger charge is 2.09. The molecule has 0 aliphatic heterocycles. The fraction of sp³-hybridized carbons (Fsp3) is 0.200. The van der Waals surface area contributed by atoms with Crippen LogP contribution in [0.3, 0.4) is 0 Å². The molecule has 1 aromatic carbocycles. The Morgan fingerprint density at radius 2 is 2.00 bits per heavy atom. The van der Waals surface area contributed by atoms with Crippen LogP contribution in [0, 0.1) is 6.92 Å². The minimum Gasteiger partial charge on any atom is -0.369 e. The first-order chi connectivity index (χ1) is 9.63. The number of aryl methyl sites for hydroxylation is 3. The number of halogens is 1. The van der Waals surface area contributed by atoms with Gasteiger partial charge >= 0.3 is 0 Å². The molecule has 102 valence electrons. The van der Waals surface area contributed by atoms with Crippen molar-refractivity contribution in [2.45, 2.75) is 19.9 Å². The molecule has 3 rings (SSSR count). The van der Waals surface area contributed by atoms with Crippen LogP contribution in [0.4, 0.5) is 5.95 Å². The third-order valence-electron chi connectivity index (χ3n) is 3.29. The number of anilines is 1. The summed E-state index contributed by atoms with van der Waals surface area (Å²) in [6.45, 7) is 2.75. The highest BCUT2D eigenvalue weighted by atomic mass is 35.5. The van der Waals surface area contributed by atoms with Gasteiger partial charge in [-0.15, -0.1) is 0 Å². The summed E-state index contributed by atoms with van der Waals surface area (Å²) in [5, 5.41) is 0.749. The molecule has 4 nitrogen and oxygen atoms in total. The summed E-state index contributed by atoms with van der Waals surface area (Å²) < 4.78 is 1.95. The summed E-state index contributed by atoms with van der Waals surface area (Å²) in [5.41, 5.74) is 9.96. The normalized spacial score (nSPS) is 11.1. The van der Waals surface area contributed by atoms with Gasteiger partial charge in [-0.2, -0.15) is 0 Å². The van der Waals surface area contributed by atoms with E-state index in [1.54, 1.807) is 0 Å². The highest BCUT2D eigenvalue weighted by molar-refractivity contribution is 6.30. The van der Waals surface area contributed by atoms with Crippen LogP contribution in [0.5, 0.6) is 0 Å². The Morgan fingerprint density at radius 1 is 1.25 bits per heavy atom. The number of benzene rings is 1. The maximum absolute atomic E-state index is 5.98.